The number of nitrogens with zero attached hydrogens (tertiary/aromatic N) is 1. The molecule has 18 heavy (non-hydrogen) atoms. The van der Waals surface area contributed by atoms with Gasteiger partial charge in [0.15, 0.2) is 0 Å². The molecule has 3 heteroatoms. The Bertz CT molecular complexity index is 407. The summed E-state index contributed by atoms with van der Waals surface area (Å²) in [6.45, 7) is 0. The zero-order valence-electron chi connectivity index (χ0n) is 10.9. The third kappa shape index (κ3) is 3.43. The van der Waals surface area contributed by atoms with E-state index in [9.17, 15) is 5.26 Å². The van der Waals surface area contributed by atoms with Gasteiger partial charge >= 0.3 is 0 Å². The van der Waals surface area contributed by atoms with Gasteiger partial charge in [0, 0.05) is 16.6 Å². The van der Waals surface area contributed by atoms with Crippen LogP contribution in [0.5, 0.6) is 0 Å². The Morgan fingerprint density at radius 3 is 2.56 bits per heavy atom. The van der Waals surface area contributed by atoms with Gasteiger partial charge in [-0.1, -0.05) is 19.3 Å². The lowest BCUT2D eigenvalue weighted by molar-refractivity contribution is 0.514. The van der Waals surface area contributed by atoms with Crippen molar-refractivity contribution in [2.45, 2.75) is 43.0 Å². The van der Waals surface area contributed by atoms with Crippen molar-refractivity contribution in [3.8, 4) is 6.07 Å². The second-order valence-electron chi connectivity index (χ2n) is 4.85. The third-order valence-corrected chi connectivity index (χ3v) is 4.37. The van der Waals surface area contributed by atoms with Crippen molar-refractivity contribution in [3.05, 3.63) is 24.3 Å². The number of nitrogens with one attached hydrogen (secondary N) is 1. The van der Waals surface area contributed by atoms with E-state index in [0.29, 0.717) is 6.04 Å². The fraction of sp³-hybridized carbons (Fsp3) is 0.533. The lowest BCUT2D eigenvalue weighted by atomic mass is 9.96. The molecule has 96 valence electrons. The summed E-state index contributed by atoms with van der Waals surface area (Å²) < 4.78 is 0. The van der Waals surface area contributed by atoms with Crippen molar-refractivity contribution < 1.29 is 0 Å². The van der Waals surface area contributed by atoms with Gasteiger partial charge in [-0.25, -0.2) is 0 Å². The van der Waals surface area contributed by atoms with Crippen LogP contribution in [-0.4, -0.2) is 12.3 Å². The molecule has 1 N–H and O–H groups in total. The molecule has 2 atom stereocenters. The van der Waals surface area contributed by atoms with E-state index in [1.807, 2.05) is 0 Å². The first-order chi connectivity index (χ1) is 8.83. The lowest BCUT2D eigenvalue weighted by Crippen LogP contribution is -2.27. The van der Waals surface area contributed by atoms with Gasteiger partial charge in [0.1, 0.15) is 0 Å². The van der Waals surface area contributed by atoms with Crippen molar-refractivity contribution in [2.24, 2.45) is 5.92 Å². The Balaban J connectivity index is 2.03. The molecule has 0 aromatic heterocycles. The minimum absolute atomic E-state index is 0.160. The van der Waals surface area contributed by atoms with Gasteiger partial charge in [-0.3, -0.25) is 0 Å². The van der Waals surface area contributed by atoms with E-state index in [2.05, 4.69) is 41.9 Å². The normalized spacial score (nSPS) is 24.0. The van der Waals surface area contributed by atoms with Crippen LogP contribution in [0.3, 0.4) is 0 Å². The van der Waals surface area contributed by atoms with E-state index < -0.39 is 0 Å². The van der Waals surface area contributed by atoms with E-state index in [0.717, 1.165) is 18.5 Å². The number of rotatable bonds is 3. The zero-order chi connectivity index (χ0) is 12.8. The van der Waals surface area contributed by atoms with Gasteiger partial charge in [-0.05, 0) is 43.4 Å². The molecule has 1 aromatic carbocycles. The van der Waals surface area contributed by atoms with Crippen molar-refractivity contribution in [3.63, 3.8) is 0 Å². The molecule has 0 radical (unpaired) electrons. The molecule has 2 rings (SSSR count). The minimum atomic E-state index is 0.160. The summed E-state index contributed by atoms with van der Waals surface area (Å²) in [7, 11) is 0. The van der Waals surface area contributed by atoms with Crippen LogP contribution >= 0.6 is 11.8 Å². The van der Waals surface area contributed by atoms with E-state index >= 15 is 0 Å². The molecule has 0 saturated heterocycles. The van der Waals surface area contributed by atoms with Crippen LogP contribution in [0.4, 0.5) is 5.69 Å². The first kappa shape index (κ1) is 13.3. The van der Waals surface area contributed by atoms with Gasteiger partial charge in [0.25, 0.3) is 0 Å². The van der Waals surface area contributed by atoms with Crippen molar-refractivity contribution in [1.29, 1.82) is 5.26 Å². The largest absolute Gasteiger partial charge is 0.381 e. The highest BCUT2D eigenvalue weighted by Gasteiger charge is 2.23. The van der Waals surface area contributed by atoms with Crippen molar-refractivity contribution in [1.82, 2.24) is 0 Å². The fourth-order valence-electron chi connectivity index (χ4n) is 2.54. The summed E-state index contributed by atoms with van der Waals surface area (Å²) in [5.74, 6) is 0.160. The standard InChI is InChI=1S/C15H20N2S/c1-18-14-9-7-13(8-10-14)17-15-6-4-2-3-5-12(15)11-16/h7-10,12,15,17H,2-6H2,1H3. The van der Waals surface area contributed by atoms with Crippen molar-refractivity contribution >= 4 is 17.4 Å². The monoisotopic (exact) mass is 260 g/mol. The van der Waals surface area contributed by atoms with Gasteiger partial charge in [0.2, 0.25) is 0 Å². The summed E-state index contributed by atoms with van der Waals surface area (Å²) in [6.07, 6.45) is 7.93. The van der Waals surface area contributed by atoms with E-state index in [4.69, 9.17) is 0 Å². The van der Waals surface area contributed by atoms with Crippen molar-refractivity contribution in [2.75, 3.05) is 11.6 Å². The Hall–Kier alpha value is -1.14. The van der Waals surface area contributed by atoms with Gasteiger partial charge in [0.05, 0.1) is 12.0 Å². The smallest absolute Gasteiger partial charge is 0.0677 e. The predicted octanol–water partition coefficient (Wildman–Crippen LogP) is 4.29. The second-order valence-corrected chi connectivity index (χ2v) is 5.73. The van der Waals surface area contributed by atoms with Crippen LogP contribution in [0.2, 0.25) is 0 Å². The Morgan fingerprint density at radius 1 is 1.17 bits per heavy atom. The lowest BCUT2D eigenvalue weighted by Gasteiger charge is -2.22. The average Bonchev–Trinajstić information content (AvgIpc) is 2.64. The highest BCUT2D eigenvalue weighted by molar-refractivity contribution is 7.98. The molecular formula is C15H20N2S. The second kappa shape index (κ2) is 6.70. The van der Waals surface area contributed by atoms with E-state index in [1.54, 1.807) is 11.8 Å². The SMILES string of the molecule is CSc1ccc(NC2CCCCCC2C#N)cc1. The van der Waals surface area contributed by atoms with Gasteiger partial charge < -0.3 is 5.32 Å². The highest BCUT2D eigenvalue weighted by atomic mass is 32.2. The third-order valence-electron chi connectivity index (χ3n) is 3.62. The summed E-state index contributed by atoms with van der Waals surface area (Å²) >= 11 is 1.75. The summed E-state index contributed by atoms with van der Waals surface area (Å²) in [5.41, 5.74) is 1.14. The molecule has 1 aliphatic carbocycles. The first-order valence-corrected chi connectivity index (χ1v) is 7.86. The van der Waals surface area contributed by atoms with Crippen LogP contribution in [0.25, 0.3) is 0 Å². The van der Waals surface area contributed by atoms with E-state index in [1.165, 1.54) is 24.2 Å². The maximum absolute atomic E-state index is 9.25. The van der Waals surface area contributed by atoms with Gasteiger partial charge in [-0.15, -0.1) is 11.8 Å². The molecular weight excluding hydrogens is 240 g/mol. The number of benzene rings is 1. The molecule has 2 unspecified atom stereocenters. The number of thioether (sulfide) groups is 1. The highest BCUT2D eigenvalue weighted by Crippen LogP contribution is 2.26. The quantitative estimate of drug-likeness (QED) is 0.650. The molecule has 1 saturated carbocycles. The Labute approximate surface area is 114 Å². The van der Waals surface area contributed by atoms with Crippen LogP contribution in [0.1, 0.15) is 32.1 Å². The molecule has 0 bridgehead atoms. The Morgan fingerprint density at radius 2 is 1.89 bits per heavy atom. The minimum Gasteiger partial charge on any atom is -0.381 e. The first-order valence-electron chi connectivity index (χ1n) is 6.63. The molecule has 1 fully saturated rings. The zero-order valence-corrected chi connectivity index (χ0v) is 11.7. The van der Waals surface area contributed by atoms with Crippen LogP contribution < -0.4 is 5.32 Å². The molecule has 0 spiro atoms. The molecule has 0 amide bonds. The predicted molar refractivity (Wildman–Crippen MR) is 77.8 cm³/mol. The van der Waals surface area contributed by atoms with E-state index in [-0.39, 0.29) is 5.92 Å². The van der Waals surface area contributed by atoms with Crippen LogP contribution in [0.15, 0.2) is 29.2 Å². The molecule has 0 heterocycles. The number of hydrogen-bond acceptors (Lipinski definition) is 3. The maximum atomic E-state index is 9.25. The topological polar surface area (TPSA) is 35.8 Å². The molecule has 1 aliphatic rings. The number of anilines is 1. The summed E-state index contributed by atoms with van der Waals surface area (Å²) in [5, 5.41) is 12.8. The fourth-order valence-corrected chi connectivity index (χ4v) is 2.94. The number of nitriles is 1. The molecule has 2 nitrogen and oxygen atoms in total. The summed E-state index contributed by atoms with van der Waals surface area (Å²) in [6, 6.07) is 11.3. The van der Waals surface area contributed by atoms with Crippen LogP contribution in [-0.2, 0) is 0 Å². The maximum Gasteiger partial charge on any atom is 0.0677 e. The molecule has 0 aliphatic heterocycles. The van der Waals surface area contributed by atoms with Gasteiger partial charge in [-0.2, -0.15) is 5.26 Å². The number of hydrogen-bond donors (Lipinski definition) is 1. The Kier molecular flexibility index (Phi) is 4.95. The van der Waals surface area contributed by atoms with Crippen LogP contribution in [0, 0.1) is 17.2 Å². The summed E-state index contributed by atoms with van der Waals surface area (Å²) in [4.78, 5) is 1.28. The average molecular weight is 260 g/mol. The molecule has 1 aromatic rings.